The van der Waals surface area contributed by atoms with Gasteiger partial charge in [-0.2, -0.15) is 0 Å². The molecular weight excluding hydrogens is 240 g/mol. The summed E-state index contributed by atoms with van der Waals surface area (Å²) in [6.07, 6.45) is 1.63. The first-order chi connectivity index (χ1) is 7.81. The molecule has 0 radical (unpaired) electrons. The number of aryl methyl sites for hydroxylation is 1. The molecule has 0 aromatic carbocycles. The van der Waals surface area contributed by atoms with Crippen LogP contribution in [0.5, 0.6) is 0 Å². The minimum Gasteiger partial charge on any atom is -0.444 e. The van der Waals surface area contributed by atoms with Gasteiger partial charge in [0.1, 0.15) is 17.9 Å². The normalized spacial score (nSPS) is 12.9. The van der Waals surface area contributed by atoms with Gasteiger partial charge in [-0.3, -0.25) is 0 Å². The first kappa shape index (κ1) is 13.6. The number of carbonyl (C=O) groups is 2. The number of aromatic nitrogens is 1. The maximum atomic E-state index is 11.5. The number of hydrogen-bond donors (Lipinski definition) is 1. The summed E-state index contributed by atoms with van der Waals surface area (Å²) >= 11 is 1.37. The van der Waals surface area contributed by atoms with E-state index in [0.717, 1.165) is 5.01 Å². The number of ether oxygens (including phenoxy) is 1. The molecule has 1 unspecified atom stereocenters. The minimum atomic E-state index is -0.698. The van der Waals surface area contributed by atoms with E-state index in [4.69, 9.17) is 4.74 Å². The lowest BCUT2D eigenvalue weighted by Gasteiger charge is -2.21. The van der Waals surface area contributed by atoms with Crippen molar-refractivity contribution < 1.29 is 14.3 Å². The highest BCUT2D eigenvalue weighted by atomic mass is 32.1. The van der Waals surface area contributed by atoms with Crippen LogP contribution >= 0.6 is 11.3 Å². The van der Waals surface area contributed by atoms with Crippen molar-refractivity contribution in [3.05, 3.63) is 16.1 Å². The monoisotopic (exact) mass is 256 g/mol. The third kappa shape index (κ3) is 4.52. The molecule has 5 nitrogen and oxygen atoms in total. The van der Waals surface area contributed by atoms with Gasteiger partial charge in [-0.15, -0.1) is 11.3 Å². The Hall–Kier alpha value is -1.43. The molecule has 0 aliphatic rings. The number of alkyl carbamates (subject to hydrolysis) is 1. The van der Waals surface area contributed by atoms with Gasteiger partial charge in [-0.25, -0.2) is 9.78 Å². The van der Waals surface area contributed by atoms with E-state index >= 15 is 0 Å². The average molecular weight is 256 g/mol. The van der Waals surface area contributed by atoms with E-state index in [2.05, 4.69) is 10.3 Å². The number of nitrogens with one attached hydrogen (secondary N) is 1. The fraction of sp³-hybridized carbons (Fsp3) is 0.545. The van der Waals surface area contributed by atoms with Gasteiger partial charge in [0, 0.05) is 6.20 Å². The van der Waals surface area contributed by atoms with E-state index in [1.807, 2.05) is 6.92 Å². The molecule has 1 aromatic heterocycles. The molecule has 0 aliphatic heterocycles. The third-order valence-electron chi connectivity index (χ3n) is 1.75. The standard InChI is InChI=1S/C11H16N2O3S/c1-7-12-5-9(17-7)8(6-14)13-10(15)16-11(2,3)4/h5-6,8H,1-4H3,(H,13,15). The van der Waals surface area contributed by atoms with Crippen LogP contribution in [0.3, 0.4) is 0 Å². The van der Waals surface area contributed by atoms with Crippen LogP contribution in [0, 0.1) is 6.92 Å². The average Bonchev–Trinajstić information content (AvgIpc) is 2.58. The van der Waals surface area contributed by atoms with Crippen LogP contribution in [0.25, 0.3) is 0 Å². The zero-order valence-corrected chi connectivity index (χ0v) is 11.1. The second-order valence-corrected chi connectivity index (χ2v) is 5.81. The Morgan fingerprint density at radius 1 is 1.59 bits per heavy atom. The topological polar surface area (TPSA) is 68.3 Å². The predicted octanol–water partition coefficient (Wildman–Crippen LogP) is 2.22. The number of hydrogen-bond acceptors (Lipinski definition) is 5. The fourth-order valence-electron chi connectivity index (χ4n) is 1.13. The molecule has 1 atom stereocenters. The second kappa shape index (κ2) is 5.27. The lowest BCUT2D eigenvalue weighted by atomic mass is 10.2. The number of aldehydes is 1. The second-order valence-electron chi connectivity index (χ2n) is 4.54. The highest BCUT2D eigenvalue weighted by molar-refractivity contribution is 7.11. The van der Waals surface area contributed by atoms with Crippen molar-refractivity contribution in [1.82, 2.24) is 10.3 Å². The van der Waals surface area contributed by atoms with Gasteiger partial charge in [-0.1, -0.05) is 0 Å². The molecule has 1 aromatic rings. The van der Waals surface area contributed by atoms with Crippen molar-refractivity contribution in [3.63, 3.8) is 0 Å². The zero-order valence-electron chi connectivity index (χ0n) is 10.3. The largest absolute Gasteiger partial charge is 0.444 e. The lowest BCUT2D eigenvalue weighted by molar-refractivity contribution is -0.109. The van der Waals surface area contributed by atoms with E-state index < -0.39 is 17.7 Å². The lowest BCUT2D eigenvalue weighted by Crippen LogP contribution is -2.35. The molecule has 1 N–H and O–H groups in total. The predicted molar refractivity (Wildman–Crippen MR) is 65.0 cm³/mol. The van der Waals surface area contributed by atoms with Crippen LogP contribution in [0.2, 0.25) is 0 Å². The van der Waals surface area contributed by atoms with Crippen molar-refractivity contribution in [2.75, 3.05) is 0 Å². The zero-order chi connectivity index (χ0) is 13.1. The van der Waals surface area contributed by atoms with Crippen LogP contribution in [0.4, 0.5) is 4.79 Å². The Kier molecular flexibility index (Phi) is 4.22. The van der Waals surface area contributed by atoms with E-state index in [1.54, 1.807) is 27.0 Å². The molecule has 94 valence electrons. The molecule has 0 fully saturated rings. The Morgan fingerprint density at radius 3 is 2.65 bits per heavy atom. The molecule has 1 amide bonds. The SMILES string of the molecule is Cc1ncc(C(C=O)NC(=O)OC(C)(C)C)s1. The highest BCUT2D eigenvalue weighted by Crippen LogP contribution is 2.19. The van der Waals surface area contributed by atoms with Crippen LogP contribution in [-0.4, -0.2) is 23.0 Å². The van der Waals surface area contributed by atoms with E-state index in [-0.39, 0.29) is 0 Å². The third-order valence-corrected chi connectivity index (χ3v) is 2.75. The van der Waals surface area contributed by atoms with Crippen molar-refractivity contribution in [1.29, 1.82) is 0 Å². The van der Waals surface area contributed by atoms with Gasteiger partial charge in [0.2, 0.25) is 0 Å². The minimum absolute atomic E-state index is 0.582. The molecule has 0 spiro atoms. The highest BCUT2D eigenvalue weighted by Gasteiger charge is 2.21. The summed E-state index contributed by atoms with van der Waals surface area (Å²) in [6.45, 7) is 7.13. The Bertz CT molecular complexity index is 409. The molecular formula is C11H16N2O3S. The number of thiazole rings is 1. The number of amides is 1. The fourth-order valence-corrected chi connectivity index (χ4v) is 1.92. The van der Waals surface area contributed by atoms with Crippen LogP contribution in [-0.2, 0) is 9.53 Å². The van der Waals surface area contributed by atoms with Crippen molar-refractivity contribution in [2.24, 2.45) is 0 Å². The summed E-state index contributed by atoms with van der Waals surface area (Å²) < 4.78 is 5.07. The molecule has 0 saturated carbocycles. The molecule has 0 aliphatic carbocycles. The summed E-state index contributed by atoms with van der Waals surface area (Å²) in [6, 6.07) is -0.698. The quantitative estimate of drug-likeness (QED) is 0.842. The van der Waals surface area contributed by atoms with Gasteiger partial charge in [0.15, 0.2) is 0 Å². The smallest absolute Gasteiger partial charge is 0.408 e. The first-order valence-electron chi connectivity index (χ1n) is 5.19. The van der Waals surface area contributed by atoms with Gasteiger partial charge in [0.05, 0.1) is 9.88 Å². The summed E-state index contributed by atoms with van der Waals surface area (Å²) in [4.78, 5) is 27.2. The molecule has 1 heterocycles. The van der Waals surface area contributed by atoms with Crippen molar-refractivity contribution >= 4 is 23.7 Å². The maximum Gasteiger partial charge on any atom is 0.408 e. The number of carbonyl (C=O) groups excluding carboxylic acids is 2. The Labute approximate surface area is 104 Å². The summed E-state index contributed by atoms with van der Waals surface area (Å²) in [5, 5.41) is 3.34. The summed E-state index contributed by atoms with van der Waals surface area (Å²) in [7, 11) is 0. The molecule has 17 heavy (non-hydrogen) atoms. The van der Waals surface area contributed by atoms with E-state index in [9.17, 15) is 9.59 Å². The first-order valence-corrected chi connectivity index (χ1v) is 6.00. The van der Waals surface area contributed by atoms with Gasteiger partial charge < -0.3 is 14.8 Å². The van der Waals surface area contributed by atoms with E-state index in [1.165, 1.54) is 11.3 Å². The number of nitrogens with zero attached hydrogens (tertiary/aromatic N) is 1. The summed E-state index contributed by atoms with van der Waals surface area (Å²) in [5.74, 6) is 0. The Morgan fingerprint density at radius 2 is 2.24 bits per heavy atom. The molecule has 1 rings (SSSR count). The van der Waals surface area contributed by atoms with Gasteiger partial charge in [-0.05, 0) is 27.7 Å². The van der Waals surface area contributed by atoms with E-state index in [0.29, 0.717) is 11.2 Å². The van der Waals surface area contributed by atoms with Crippen LogP contribution in [0.15, 0.2) is 6.20 Å². The molecule has 0 saturated heterocycles. The van der Waals surface area contributed by atoms with Crippen molar-refractivity contribution in [3.8, 4) is 0 Å². The van der Waals surface area contributed by atoms with Gasteiger partial charge in [0.25, 0.3) is 0 Å². The van der Waals surface area contributed by atoms with Gasteiger partial charge >= 0.3 is 6.09 Å². The van der Waals surface area contributed by atoms with Crippen LogP contribution < -0.4 is 5.32 Å². The maximum absolute atomic E-state index is 11.5. The molecule has 0 bridgehead atoms. The van der Waals surface area contributed by atoms with Crippen molar-refractivity contribution in [2.45, 2.75) is 39.3 Å². The molecule has 6 heteroatoms. The number of rotatable bonds is 3. The van der Waals surface area contributed by atoms with Crippen LogP contribution in [0.1, 0.15) is 36.7 Å². The summed E-state index contributed by atoms with van der Waals surface area (Å²) in [5.41, 5.74) is -0.582. The Balaban J connectivity index is 2.65.